The lowest BCUT2D eigenvalue weighted by Gasteiger charge is -2.05. The molecule has 0 radical (unpaired) electrons. The van der Waals surface area contributed by atoms with Gasteiger partial charge in [0.1, 0.15) is 0 Å². The van der Waals surface area contributed by atoms with Crippen molar-refractivity contribution in [2.24, 2.45) is 0 Å². The van der Waals surface area contributed by atoms with Gasteiger partial charge in [-0.15, -0.1) is 0 Å². The molecule has 0 nitrogen and oxygen atoms in total. The van der Waals surface area contributed by atoms with Crippen molar-refractivity contribution in [1.29, 1.82) is 0 Å². The number of halogens is 4. The van der Waals surface area contributed by atoms with Gasteiger partial charge in [0.2, 0.25) is 0 Å². The van der Waals surface area contributed by atoms with E-state index in [0.717, 1.165) is 13.0 Å². The van der Waals surface area contributed by atoms with E-state index in [-0.39, 0.29) is 0 Å². The average molecular weight is 216 g/mol. The summed E-state index contributed by atoms with van der Waals surface area (Å²) in [6.07, 6.45) is 3.35. The lowest BCUT2D eigenvalue weighted by atomic mass is 10.1. The van der Waals surface area contributed by atoms with Gasteiger partial charge in [-0.3, -0.25) is 0 Å². The molecule has 0 aliphatic heterocycles. The largest absolute Gasteiger partial charge is 0.203 e. The minimum Gasteiger partial charge on any atom is -0.203 e. The molecule has 0 saturated heterocycles. The second-order valence-corrected chi connectivity index (χ2v) is 2.89. The first kappa shape index (κ1) is 11.5. The molecule has 1 aromatic rings. The number of benzene rings is 1. The predicted molar refractivity (Wildman–Crippen MR) is 50.2 cm³/mol. The minimum atomic E-state index is -1.40. The zero-order chi connectivity index (χ0) is 11.6. The highest BCUT2D eigenvalue weighted by molar-refractivity contribution is 5.53. The monoisotopic (exact) mass is 216 g/mol. The smallest absolute Gasteiger partial charge is 0.169 e. The van der Waals surface area contributed by atoms with Crippen molar-refractivity contribution in [2.75, 3.05) is 0 Å². The van der Waals surface area contributed by atoms with Crippen LogP contribution in [-0.4, -0.2) is 0 Å². The van der Waals surface area contributed by atoms with Crippen molar-refractivity contribution in [3.8, 4) is 0 Å². The molecular formula is C11H8F4. The summed E-state index contributed by atoms with van der Waals surface area (Å²) in [5.41, 5.74) is -1.41. The Kier molecular flexibility index (Phi) is 3.29. The molecule has 0 amide bonds. The van der Waals surface area contributed by atoms with Gasteiger partial charge in [0.25, 0.3) is 0 Å². The van der Waals surface area contributed by atoms with Crippen molar-refractivity contribution in [2.45, 2.75) is 6.92 Å². The first-order valence-corrected chi connectivity index (χ1v) is 4.12. The van der Waals surface area contributed by atoms with Crippen LogP contribution in [0.1, 0.15) is 11.1 Å². The summed E-state index contributed by atoms with van der Waals surface area (Å²) in [6.45, 7) is 4.25. The van der Waals surface area contributed by atoms with Crippen LogP contribution in [0.5, 0.6) is 0 Å². The van der Waals surface area contributed by atoms with E-state index in [1.807, 2.05) is 0 Å². The molecule has 1 rings (SSSR count). The zero-order valence-electron chi connectivity index (χ0n) is 7.95. The lowest BCUT2D eigenvalue weighted by molar-refractivity contribution is 0.442. The van der Waals surface area contributed by atoms with Crippen LogP contribution in [0.3, 0.4) is 0 Å². The third kappa shape index (κ3) is 1.93. The molecule has 0 aromatic heterocycles. The third-order valence-electron chi connectivity index (χ3n) is 1.92. The Morgan fingerprint density at radius 1 is 0.933 bits per heavy atom. The topological polar surface area (TPSA) is 0 Å². The molecular weight excluding hydrogens is 208 g/mol. The molecule has 0 aliphatic carbocycles. The van der Waals surface area contributed by atoms with Crippen LogP contribution in [-0.2, 0) is 0 Å². The second-order valence-electron chi connectivity index (χ2n) is 2.89. The molecule has 0 bridgehead atoms. The van der Waals surface area contributed by atoms with E-state index < -0.39 is 34.4 Å². The molecule has 1 aromatic carbocycles. The first-order chi connectivity index (χ1) is 7.00. The Hall–Kier alpha value is -1.58. The Morgan fingerprint density at radius 2 is 1.40 bits per heavy atom. The SMILES string of the molecule is C=CC=Cc1c(F)c(F)c(C)c(F)c1F. The molecule has 0 heterocycles. The number of allylic oxidation sites excluding steroid dienone is 2. The molecule has 15 heavy (non-hydrogen) atoms. The van der Waals surface area contributed by atoms with Gasteiger partial charge in [-0.25, -0.2) is 17.6 Å². The van der Waals surface area contributed by atoms with E-state index in [1.54, 1.807) is 0 Å². The van der Waals surface area contributed by atoms with Crippen LogP contribution in [0.25, 0.3) is 6.08 Å². The maximum absolute atomic E-state index is 13.2. The minimum absolute atomic E-state index is 0.666. The van der Waals surface area contributed by atoms with Crippen LogP contribution in [0.4, 0.5) is 17.6 Å². The zero-order valence-corrected chi connectivity index (χ0v) is 7.95. The molecule has 0 saturated carbocycles. The highest BCUT2D eigenvalue weighted by Crippen LogP contribution is 2.24. The Morgan fingerprint density at radius 3 is 1.80 bits per heavy atom. The molecule has 0 spiro atoms. The standard InChI is InChI=1S/C11H8F4/c1-3-4-5-7-10(14)8(12)6(2)9(13)11(7)15/h3-5H,1H2,2H3. The van der Waals surface area contributed by atoms with E-state index in [1.165, 1.54) is 12.2 Å². The number of hydrogen-bond acceptors (Lipinski definition) is 0. The van der Waals surface area contributed by atoms with Crippen LogP contribution in [0, 0.1) is 30.2 Å². The fraction of sp³-hybridized carbons (Fsp3) is 0.0909. The maximum Gasteiger partial charge on any atom is 0.169 e. The van der Waals surface area contributed by atoms with Gasteiger partial charge in [0, 0.05) is 5.56 Å². The highest BCUT2D eigenvalue weighted by Gasteiger charge is 2.20. The summed E-state index contributed by atoms with van der Waals surface area (Å²) < 4.78 is 52.4. The average Bonchev–Trinajstić information content (AvgIpc) is 2.24. The molecule has 0 N–H and O–H groups in total. The van der Waals surface area contributed by atoms with E-state index in [0.29, 0.717) is 0 Å². The van der Waals surface area contributed by atoms with Crippen molar-refractivity contribution in [3.05, 3.63) is 53.1 Å². The fourth-order valence-electron chi connectivity index (χ4n) is 1.07. The predicted octanol–water partition coefficient (Wildman–Crippen LogP) is 3.75. The normalized spacial score (nSPS) is 11.0. The summed E-state index contributed by atoms with van der Waals surface area (Å²) in [5, 5.41) is 0. The second kappa shape index (κ2) is 4.29. The van der Waals surface area contributed by atoms with Gasteiger partial charge < -0.3 is 0 Å². The number of rotatable bonds is 2. The molecule has 0 atom stereocenters. The quantitative estimate of drug-likeness (QED) is 0.401. The van der Waals surface area contributed by atoms with E-state index >= 15 is 0 Å². The van der Waals surface area contributed by atoms with Gasteiger partial charge in [-0.05, 0) is 13.0 Å². The molecule has 0 fully saturated rings. The van der Waals surface area contributed by atoms with Gasteiger partial charge in [0.15, 0.2) is 23.3 Å². The number of hydrogen-bond donors (Lipinski definition) is 0. The highest BCUT2D eigenvalue weighted by atomic mass is 19.2. The summed E-state index contributed by atoms with van der Waals surface area (Å²) >= 11 is 0. The van der Waals surface area contributed by atoms with Crippen molar-refractivity contribution >= 4 is 6.08 Å². The first-order valence-electron chi connectivity index (χ1n) is 4.12. The summed E-state index contributed by atoms with van der Waals surface area (Å²) in [7, 11) is 0. The molecule has 0 unspecified atom stereocenters. The van der Waals surface area contributed by atoms with Crippen LogP contribution in [0.2, 0.25) is 0 Å². The van der Waals surface area contributed by atoms with E-state index in [2.05, 4.69) is 6.58 Å². The summed E-state index contributed by atoms with van der Waals surface area (Å²) in [4.78, 5) is 0. The Balaban J connectivity index is 3.52. The van der Waals surface area contributed by atoms with Crippen LogP contribution < -0.4 is 0 Å². The van der Waals surface area contributed by atoms with Crippen molar-refractivity contribution < 1.29 is 17.6 Å². The van der Waals surface area contributed by atoms with E-state index in [9.17, 15) is 17.6 Å². The van der Waals surface area contributed by atoms with Gasteiger partial charge in [0.05, 0.1) is 5.56 Å². The maximum atomic E-state index is 13.2. The van der Waals surface area contributed by atoms with Crippen LogP contribution >= 0.6 is 0 Å². The van der Waals surface area contributed by atoms with Crippen LogP contribution in [0.15, 0.2) is 18.7 Å². The van der Waals surface area contributed by atoms with Crippen molar-refractivity contribution in [1.82, 2.24) is 0 Å². The van der Waals surface area contributed by atoms with Crippen molar-refractivity contribution in [3.63, 3.8) is 0 Å². The van der Waals surface area contributed by atoms with E-state index in [4.69, 9.17) is 0 Å². The van der Waals surface area contributed by atoms with Gasteiger partial charge in [-0.1, -0.05) is 18.7 Å². The van der Waals surface area contributed by atoms with Gasteiger partial charge in [-0.2, -0.15) is 0 Å². The molecule has 0 aliphatic rings. The fourth-order valence-corrected chi connectivity index (χ4v) is 1.07. The third-order valence-corrected chi connectivity index (χ3v) is 1.92. The Labute approximate surface area is 84.5 Å². The summed E-state index contributed by atoms with van der Waals surface area (Å²) in [6, 6.07) is 0. The molecule has 80 valence electrons. The lowest BCUT2D eigenvalue weighted by Crippen LogP contribution is -2.02. The molecule has 4 heteroatoms. The summed E-state index contributed by atoms with van der Waals surface area (Å²) in [5.74, 6) is -5.55. The van der Waals surface area contributed by atoms with Gasteiger partial charge >= 0.3 is 0 Å². The Bertz CT molecular complexity index is 404.